The summed E-state index contributed by atoms with van der Waals surface area (Å²) in [6.07, 6.45) is 0. The summed E-state index contributed by atoms with van der Waals surface area (Å²) >= 11 is 0. The molecule has 5 N–H and O–H groups in total. The summed E-state index contributed by atoms with van der Waals surface area (Å²) in [5, 5.41) is 22.0. The van der Waals surface area contributed by atoms with Gasteiger partial charge in [-0.25, -0.2) is 0 Å². The number of benzene rings is 2. The molecule has 0 saturated heterocycles. The van der Waals surface area contributed by atoms with Crippen LogP contribution in [0.15, 0.2) is 42.5 Å². The molecule has 0 bridgehead atoms. The van der Waals surface area contributed by atoms with Crippen molar-refractivity contribution >= 4 is 21.8 Å². The van der Waals surface area contributed by atoms with Gasteiger partial charge in [-0.3, -0.25) is 5.10 Å². The summed E-state index contributed by atoms with van der Waals surface area (Å²) in [5.74, 6) is 0. The molecule has 0 fully saturated rings. The lowest BCUT2D eigenvalue weighted by molar-refractivity contribution is 0.698. The van der Waals surface area contributed by atoms with Gasteiger partial charge in [0, 0.05) is 35.9 Å². The fourth-order valence-corrected chi connectivity index (χ4v) is 3.12. The van der Waals surface area contributed by atoms with E-state index in [9.17, 15) is 0 Å². The Morgan fingerprint density at radius 1 is 1.12 bits per heavy atom. The number of aromatic amines is 2. The standard InChI is InChI=1S/C19H18N6/c20-6-7-22-11-13-2-1-3-16-15(13)9-18(23-16)19-14-5-4-12(10-21)8-17(14)24-25-19/h1-5,8-9,22-23H,6-7,11,20H2,(H,24,25). The molecule has 2 aromatic heterocycles. The zero-order valence-corrected chi connectivity index (χ0v) is 13.6. The molecule has 25 heavy (non-hydrogen) atoms. The molecule has 0 spiro atoms. The third kappa shape index (κ3) is 2.76. The van der Waals surface area contributed by atoms with Crippen LogP contribution in [0.2, 0.25) is 0 Å². The molecule has 0 saturated carbocycles. The van der Waals surface area contributed by atoms with Crippen LogP contribution in [0.25, 0.3) is 33.2 Å². The maximum atomic E-state index is 9.03. The highest BCUT2D eigenvalue weighted by Gasteiger charge is 2.12. The van der Waals surface area contributed by atoms with Gasteiger partial charge in [0.05, 0.1) is 22.8 Å². The third-order valence-electron chi connectivity index (χ3n) is 4.34. The predicted molar refractivity (Wildman–Crippen MR) is 98.9 cm³/mol. The first-order valence-electron chi connectivity index (χ1n) is 8.20. The minimum Gasteiger partial charge on any atom is -0.353 e. The van der Waals surface area contributed by atoms with E-state index in [0.717, 1.165) is 40.9 Å². The largest absolute Gasteiger partial charge is 0.353 e. The lowest BCUT2D eigenvalue weighted by Gasteiger charge is -2.04. The highest BCUT2D eigenvalue weighted by Crippen LogP contribution is 2.30. The van der Waals surface area contributed by atoms with Crippen LogP contribution in [0, 0.1) is 11.3 Å². The number of nitriles is 1. The zero-order chi connectivity index (χ0) is 17.2. The van der Waals surface area contributed by atoms with E-state index in [-0.39, 0.29) is 0 Å². The van der Waals surface area contributed by atoms with Gasteiger partial charge in [0.15, 0.2) is 0 Å². The summed E-state index contributed by atoms with van der Waals surface area (Å²) in [4.78, 5) is 3.45. The van der Waals surface area contributed by atoms with Crippen molar-refractivity contribution in [3.63, 3.8) is 0 Å². The van der Waals surface area contributed by atoms with Crippen LogP contribution in [0.5, 0.6) is 0 Å². The number of nitrogens with two attached hydrogens (primary N) is 1. The Balaban J connectivity index is 1.77. The number of rotatable bonds is 5. The smallest absolute Gasteiger partial charge is 0.116 e. The predicted octanol–water partition coefficient (Wildman–Crippen LogP) is 2.63. The Morgan fingerprint density at radius 3 is 2.88 bits per heavy atom. The summed E-state index contributed by atoms with van der Waals surface area (Å²) in [6, 6.07) is 16.1. The molecule has 124 valence electrons. The first-order chi connectivity index (χ1) is 12.3. The summed E-state index contributed by atoms with van der Waals surface area (Å²) in [6.45, 7) is 2.19. The van der Waals surface area contributed by atoms with Crippen molar-refractivity contribution in [1.82, 2.24) is 20.5 Å². The topological polar surface area (TPSA) is 106 Å². The maximum absolute atomic E-state index is 9.03. The molecule has 4 aromatic rings. The van der Waals surface area contributed by atoms with Crippen molar-refractivity contribution in [2.24, 2.45) is 5.73 Å². The molecule has 0 radical (unpaired) electrons. The average Bonchev–Trinajstić information content (AvgIpc) is 3.25. The van der Waals surface area contributed by atoms with Crippen molar-refractivity contribution in [3.8, 4) is 17.5 Å². The van der Waals surface area contributed by atoms with Gasteiger partial charge in [0.25, 0.3) is 0 Å². The number of hydrogen-bond donors (Lipinski definition) is 4. The van der Waals surface area contributed by atoms with E-state index in [2.05, 4.69) is 44.8 Å². The molecule has 0 unspecified atom stereocenters. The first-order valence-corrected chi connectivity index (χ1v) is 8.20. The molecule has 0 amide bonds. The Hall–Kier alpha value is -3.14. The molecule has 2 heterocycles. The number of fused-ring (bicyclic) bond motifs is 2. The lowest BCUT2D eigenvalue weighted by atomic mass is 10.1. The normalized spacial score (nSPS) is 11.2. The van der Waals surface area contributed by atoms with Gasteiger partial charge in [-0.2, -0.15) is 10.4 Å². The number of nitrogens with one attached hydrogen (secondary N) is 3. The van der Waals surface area contributed by atoms with E-state index >= 15 is 0 Å². The SMILES string of the molecule is N#Cc1ccc2c(-c3cc4c(CNCCN)cccc4[nH]3)n[nH]c2c1. The van der Waals surface area contributed by atoms with Crippen molar-refractivity contribution in [2.45, 2.75) is 6.54 Å². The summed E-state index contributed by atoms with van der Waals surface area (Å²) in [5.41, 5.74) is 11.1. The zero-order valence-electron chi connectivity index (χ0n) is 13.6. The van der Waals surface area contributed by atoms with Crippen molar-refractivity contribution < 1.29 is 0 Å². The van der Waals surface area contributed by atoms with E-state index in [4.69, 9.17) is 11.0 Å². The minimum absolute atomic E-state index is 0.618. The summed E-state index contributed by atoms with van der Waals surface area (Å²) < 4.78 is 0. The van der Waals surface area contributed by atoms with Crippen LogP contribution >= 0.6 is 0 Å². The number of nitrogens with zero attached hydrogens (tertiary/aromatic N) is 2. The molecule has 0 aliphatic heterocycles. The fourth-order valence-electron chi connectivity index (χ4n) is 3.12. The Labute approximate surface area is 144 Å². The number of aromatic nitrogens is 3. The van der Waals surface area contributed by atoms with Gasteiger partial charge in [0.1, 0.15) is 5.69 Å². The van der Waals surface area contributed by atoms with Crippen LogP contribution in [0.3, 0.4) is 0 Å². The van der Waals surface area contributed by atoms with Crippen LogP contribution < -0.4 is 11.1 Å². The van der Waals surface area contributed by atoms with E-state index in [0.29, 0.717) is 12.1 Å². The van der Waals surface area contributed by atoms with Crippen LogP contribution in [0.1, 0.15) is 11.1 Å². The fraction of sp³-hybridized carbons (Fsp3) is 0.158. The van der Waals surface area contributed by atoms with Crippen molar-refractivity contribution in [1.29, 1.82) is 5.26 Å². The number of hydrogen-bond acceptors (Lipinski definition) is 4. The quantitative estimate of drug-likeness (QED) is 0.422. The van der Waals surface area contributed by atoms with Crippen molar-refractivity contribution in [2.75, 3.05) is 13.1 Å². The Morgan fingerprint density at radius 2 is 2.04 bits per heavy atom. The second kappa shape index (κ2) is 6.40. The van der Waals surface area contributed by atoms with Crippen molar-refractivity contribution in [3.05, 3.63) is 53.6 Å². The van der Waals surface area contributed by atoms with E-state index < -0.39 is 0 Å². The second-order valence-electron chi connectivity index (χ2n) is 5.97. The average molecular weight is 330 g/mol. The first kappa shape index (κ1) is 15.4. The lowest BCUT2D eigenvalue weighted by Crippen LogP contribution is -2.21. The minimum atomic E-state index is 0.618. The van der Waals surface area contributed by atoms with Gasteiger partial charge < -0.3 is 16.0 Å². The van der Waals surface area contributed by atoms with Gasteiger partial charge in [-0.1, -0.05) is 12.1 Å². The van der Waals surface area contributed by atoms with Crippen LogP contribution in [-0.4, -0.2) is 28.3 Å². The molecule has 6 nitrogen and oxygen atoms in total. The van der Waals surface area contributed by atoms with Crippen LogP contribution in [0.4, 0.5) is 0 Å². The molecular weight excluding hydrogens is 312 g/mol. The van der Waals surface area contributed by atoms with E-state index in [1.54, 1.807) is 0 Å². The molecular formula is C19H18N6. The Bertz CT molecular complexity index is 1080. The van der Waals surface area contributed by atoms with E-state index in [1.165, 1.54) is 10.9 Å². The molecule has 0 aliphatic rings. The van der Waals surface area contributed by atoms with Gasteiger partial charge in [-0.05, 0) is 35.9 Å². The highest BCUT2D eigenvalue weighted by atomic mass is 15.1. The highest BCUT2D eigenvalue weighted by molar-refractivity contribution is 5.96. The number of H-pyrrole nitrogens is 2. The van der Waals surface area contributed by atoms with E-state index in [1.807, 2.05) is 24.3 Å². The summed E-state index contributed by atoms with van der Waals surface area (Å²) in [7, 11) is 0. The molecule has 0 aliphatic carbocycles. The van der Waals surface area contributed by atoms with Gasteiger partial charge >= 0.3 is 0 Å². The second-order valence-corrected chi connectivity index (χ2v) is 5.97. The van der Waals surface area contributed by atoms with Gasteiger partial charge in [-0.15, -0.1) is 0 Å². The molecule has 6 heteroatoms. The molecule has 4 rings (SSSR count). The molecule has 0 atom stereocenters. The van der Waals surface area contributed by atoms with Crippen LogP contribution in [-0.2, 0) is 6.54 Å². The van der Waals surface area contributed by atoms with Gasteiger partial charge in [0.2, 0.25) is 0 Å². The monoisotopic (exact) mass is 330 g/mol. The molecule has 2 aromatic carbocycles. The Kier molecular flexibility index (Phi) is 3.94. The third-order valence-corrected chi connectivity index (χ3v) is 4.34. The maximum Gasteiger partial charge on any atom is 0.116 e.